The molecule has 0 aliphatic carbocycles. The minimum atomic E-state index is -0.422. The first kappa shape index (κ1) is 13.3. The zero-order chi connectivity index (χ0) is 15.1. The van der Waals surface area contributed by atoms with E-state index in [1.165, 1.54) is 34.1 Å². The molecule has 0 N–H and O–H groups in total. The minimum Gasteiger partial charge on any atom is -0.264 e. The van der Waals surface area contributed by atoms with Crippen LogP contribution >= 0.6 is 22.9 Å². The molecule has 0 saturated heterocycles. The summed E-state index contributed by atoms with van der Waals surface area (Å²) < 4.78 is 15.5. The first-order valence-electron chi connectivity index (χ1n) is 6.30. The highest BCUT2D eigenvalue weighted by Crippen LogP contribution is 2.29. The van der Waals surface area contributed by atoms with Crippen LogP contribution in [0.3, 0.4) is 0 Å². The molecule has 0 radical (unpaired) electrons. The lowest BCUT2D eigenvalue weighted by molar-refractivity contribution is 0.629. The third kappa shape index (κ3) is 2.15. The van der Waals surface area contributed by atoms with Gasteiger partial charge in [0, 0.05) is 23.0 Å². The van der Waals surface area contributed by atoms with Gasteiger partial charge in [-0.05, 0) is 30.3 Å². The molecular formula is C14H7ClFN5S. The molecule has 0 unspecified atom stereocenters. The van der Waals surface area contributed by atoms with Crippen LogP contribution in [0, 0.1) is 5.82 Å². The van der Waals surface area contributed by atoms with Crippen LogP contribution in [-0.4, -0.2) is 24.8 Å². The van der Waals surface area contributed by atoms with Crippen molar-refractivity contribution in [2.75, 3.05) is 0 Å². The molecule has 0 amide bonds. The van der Waals surface area contributed by atoms with Gasteiger partial charge in [0.1, 0.15) is 10.8 Å². The Labute approximate surface area is 133 Å². The number of rotatable bonds is 2. The quantitative estimate of drug-likeness (QED) is 0.562. The largest absolute Gasteiger partial charge is 0.264 e. The summed E-state index contributed by atoms with van der Waals surface area (Å²) in [5.74, 6) is -0.101. The second kappa shape index (κ2) is 5.11. The Kier molecular flexibility index (Phi) is 3.09. The molecule has 108 valence electrons. The third-order valence-electron chi connectivity index (χ3n) is 3.07. The van der Waals surface area contributed by atoms with Gasteiger partial charge in [0.05, 0.1) is 5.56 Å². The van der Waals surface area contributed by atoms with Gasteiger partial charge in [-0.15, -0.1) is 10.2 Å². The molecule has 4 aromatic rings. The van der Waals surface area contributed by atoms with E-state index in [1.807, 2.05) is 12.1 Å². The molecule has 0 spiro atoms. The van der Waals surface area contributed by atoms with Crippen LogP contribution in [-0.2, 0) is 0 Å². The maximum absolute atomic E-state index is 14.0. The number of halogens is 2. The maximum Gasteiger partial charge on any atom is 0.235 e. The summed E-state index contributed by atoms with van der Waals surface area (Å²) in [6.07, 6.45) is 3.40. The molecule has 8 heteroatoms. The van der Waals surface area contributed by atoms with Gasteiger partial charge in [-0.3, -0.25) is 4.98 Å². The number of hydrogen-bond acceptors (Lipinski definition) is 5. The zero-order valence-electron chi connectivity index (χ0n) is 10.9. The zero-order valence-corrected chi connectivity index (χ0v) is 12.5. The number of aromatic nitrogens is 5. The van der Waals surface area contributed by atoms with Gasteiger partial charge in [0.15, 0.2) is 5.82 Å². The highest BCUT2D eigenvalue weighted by Gasteiger charge is 2.17. The molecule has 3 heterocycles. The first-order chi connectivity index (χ1) is 10.7. The van der Waals surface area contributed by atoms with Crippen molar-refractivity contribution in [2.45, 2.75) is 0 Å². The number of benzene rings is 1. The summed E-state index contributed by atoms with van der Waals surface area (Å²) in [6.45, 7) is 0. The molecule has 0 bridgehead atoms. The van der Waals surface area contributed by atoms with E-state index in [0.717, 1.165) is 10.6 Å². The molecule has 0 aliphatic heterocycles. The van der Waals surface area contributed by atoms with E-state index >= 15 is 0 Å². The molecule has 1 aromatic carbocycles. The summed E-state index contributed by atoms with van der Waals surface area (Å²) in [5, 5.41) is 13.7. The second-order valence-corrected chi connectivity index (χ2v) is 5.88. The van der Waals surface area contributed by atoms with Crippen molar-refractivity contribution in [3.63, 3.8) is 0 Å². The smallest absolute Gasteiger partial charge is 0.235 e. The average molecular weight is 332 g/mol. The van der Waals surface area contributed by atoms with E-state index in [4.69, 9.17) is 11.6 Å². The predicted octanol–water partition coefficient (Wildman–Crippen LogP) is 3.71. The Morgan fingerprint density at radius 1 is 1.18 bits per heavy atom. The average Bonchev–Trinajstić information content (AvgIpc) is 3.11. The van der Waals surface area contributed by atoms with Gasteiger partial charge in [-0.2, -0.15) is 9.61 Å². The van der Waals surface area contributed by atoms with Crippen molar-refractivity contribution in [3.05, 3.63) is 53.6 Å². The lowest BCUT2D eigenvalue weighted by Gasteiger charge is -2.00. The highest BCUT2D eigenvalue weighted by molar-refractivity contribution is 7.19. The maximum atomic E-state index is 14.0. The number of fused-ring (bicyclic) bond motifs is 1. The van der Waals surface area contributed by atoms with Crippen LogP contribution < -0.4 is 0 Å². The van der Waals surface area contributed by atoms with Crippen molar-refractivity contribution < 1.29 is 4.39 Å². The van der Waals surface area contributed by atoms with Gasteiger partial charge >= 0.3 is 0 Å². The molecule has 0 fully saturated rings. The summed E-state index contributed by atoms with van der Waals surface area (Å²) in [7, 11) is 0. The summed E-state index contributed by atoms with van der Waals surface area (Å²) in [6, 6.07) is 8.03. The number of hydrogen-bond donors (Lipinski definition) is 0. The second-order valence-electron chi connectivity index (χ2n) is 4.49. The monoisotopic (exact) mass is 331 g/mol. The normalized spacial score (nSPS) is 11.2. The Morgan fingerprint density at radius 2 is 2.09 bits per heavy atom. The lowest BCUT2D eigenvalue weighted by atomic mass is 10.2. The first-order valence-corrected chi connectivity index (χ1v) is 7.50. The Hall–Kier alpha value is -2.38. The highest BCUT2D eigenvalue weighted by atomic mass is 35.5. The van der Waals surface area contributed by atoms with Crippen LogP contribution in [0.1, 0.15) is 0 Å². The van der Waals surface area contributed by atoms with Crippen LogP contribution in [0.15, 0.2) is 42.7 Å². The fourth-order valence-electron chi connectivity index (χ4n) is 2.06. The van der Waals surface area contributed by atoms with E-state index < -0.39 is 5.82 Å². The summed E-state index contributed by atoms with van der Waals surface area (Å²) in [5.41, 5.74) is 1.14. The standard InChI is InChI=1S/C14H7ClFN5S/c15-9-3-4-11(16)10(6-9)12-18-19-14-21(12)20-13(22-14)8-2-1-5-17-7-8/h1-7H. The molecule has 0 atom stereocenters. The fraction of sp³-hybridized carbons (Fsp3) is 0. The van der Waals surface area contributed by atoms with Crippen molar-refractivity contribution >= 4 is 27.9 Å². The predicted molar refractivity (Wildman–Crippen MR) is 82.3 cm³/mol. The topological polar surface area (TPSA) is 56.0 Å². The number of pyridine rings is 1. The van der Waals surface area contributed by atoms with Gasteiger partial charge in [0.25, 0.3) is 0 Å². The minimum absolute atomic E-state index is 0.267. The summed E-state index contributed by atoms with van der Waals surface area (Å²) in [4.78, 5) is 4.64. The SMILES string of the molecule is Fc1ccc(Cl)cc1-c1nnc2sc(-c3cccnc3)nn12. The lowest BCUT2D eigenvalue weighted by Crippen LogP contribution is -1.94. The Balaban J connectivity index is 1.90. The van der Waals surface area contributed by atoms with Gasteiger partial charge in [0.2, 0.25) is 4.96 Å². The molecule has 0 saturated carbocycles. The molecule has 22 heavy (non-hydrogen) atoms. The molecule has 4 rings (SSSR count). The van der Waals surface area contributed by atoms with E-state index in [1.54, 1.807) is 12.4 Å². The molecule has 0 aliphatic rings. The van der Waals surface area contributed by atoms with Crippen LogP contribution in [0.5, 0.6) is 0 Å². The van der Waals surface area contributed by atoms with Crippen molar-refractivity contribution in [1.29, 1.82) is 0 Å². The van der Waals surface area contributed by atoms with Gasteiger partial charge in [-0.1, -0.05) is 22.9 Å². The fourth-order valence-corrected chi connectivity index (χ4v) is 3.06. The van der Waals surface area contributed by atoms with E-state index in [2.05, 4.69) is 20.3 Å². The van der Waals surface area contributed by atoms with Crippen LogP contribution in [0.25, 0.3) is 26.9 Å². The molecule has 3 aromatic heterocycles. The van der Waals surface area contributed by atoms with E-state index in [9.17, 15) is 4.39 Å². The van der Waals surface area contributed by atoms with E-state index in [-0.39, 0.29) is 5.56 Å². The molecular weight excluding hydrogens is 325 g/mol. The van der Waals surface area contributed by atoms with Crippen molar-refractivity contribution in [2.24, 2.45) is 0 Å². The van der Waals surface area contributed by atoms with Gasteiger partial charge < -0.3 is 0 Å². The molecule has 5 nitrogen and oxygen atoms in total. The van der Waals surface area contributed by atoms with Gasteiger partial charge in [-0.25, -0.2) is 4.39 Å². The van der Waals surface area contributed by atoms with Crippen molar-refractivity contribution in [3.8, 4) is 22.0 Å². The van der Waals surface area contributed by atoms with Crippen LogP contribution in [0.4, 0.5) is 4.39 Å². The summed E-state index contributed by atoms with van der Waals surface area (Å²) >= 11 is 7.29. The van der Waals surface area contributed by atoms with Crippen molar-refractivity contribution in [1.82, 2.24) is 24.8 Å². The third-order valence-corrected chi connectivity index (χ3v) is 4.25. The number of nitrogens with zero attached hydrogens (tertiary/aromatic N) is 5. The van der Waals surface area contributed by atoms with Crippen LogP contribution in [0.2, 0.25) is 5.02 Å². The van der Waals surface area contributed by atoms with E-state index in [0.29, 0.717) is 15.8 Å². The Bertz CT molecular complexity index is 966. The Morgan fingerprint density at radius 3 is 2.91 bits per heavy atom.